The van der Waals surface area contributed by atoms with Gasteiger partial charge in [0, 0.05) is 16.9 Å². The van der Waals surface area contributed by atoms with E-state index in [9.17, 15) is 9.18 Å². The number of rotatable bonds is 5. The summed E-state index contributed by atoms with van der Waals surface area (Å²) in [5, 5.41) is 0. The summed E-state index contributed by atoms with van der Waals surface area (Å²) in [6, 6.07) is 12.5. The van der Waals surface area contributed by atoms with Crippen molar-refractivity contribution in [3.8, 4) is 0 Å². The van der Waals surface area contributed by atoms with E-state index in [1.165, 1.54) is 11.0 Å². The van der Waals surface area contributed by atoms with E-state index >= 15 is 0 Å². The van der Waals surface area contributed by atoms with E-state index in [0.717, 1.165) is 5.56 Å². The van der Waals surface area contributed by atoms with Crippen molar-refractivity contribution in [2.24, 2.45) is 0 Å². The molecule has 4 heteroatoms. The van der Waals surface area contributed by atoms with Crippen molar-refractivity contribution in [1.29, 1.82) is 0 Å². The Morgan fingerprint density at radius 1 is 1.25 bits per heavy atom. The summed E-state index contributed by atoms with van der Waals surface area (Å²) in [6.07, 6.45) is 3.08. The Morgan fingerprint density at radius 2 is 2.00 bits per heavy atom. The van der Waals surface area contributed by atoms with Gasteiger partial charge in [-0.3, -0.25) is 4.79 Å². The lowest BCUT2D eigenvalue weighted by Crippen LogP contribution is -2.02. The number of carbonyl (C=O) groups is 1. The van der Waals surface area contributed by atoms with Crippen LogP contribution in [0.3, 0.4) is 0 Å². The molecule has 2 aromatic rings. The molecule has 0 aliphatic carbocycles. The minimum Gasteiger partial charge on any atom is -0.294 e. The monoisotopic (exact) mass is 352 g/mol. The molecule has 1 nitrogen and oxygen atoms in total. The smallest absolute Gasteiger partial charge is 0.163 e. The second kappa shape index (κ2) is 7.04. The highest BCUT2D eigenvalue weighted by molar-refractivity contribution is 9.10. The Labute approximate surface area is 130 Å². The minimum absolute atomic E-state index is 0.0349. The molecule has 0 atom stereocenters. The molecule has 2 rings (SSSR count). The van der Waals surface area contributed by atoms with Crippen LogP contribution in [0.5, 0.6) is 0 Å². The van der Waals surface area contributed by atoms with Crippen LogP contribution in [0.1, 0.15) is 22.3 Å². The Balaban J connectivity index is 2.06. The number of ketones is 1. The summed E-state index contributed by atoms with van der Waals surface area (Å²) in [6.45, 7) is 0. The van der Waals surface area contributed by atoms with E-state index in [1.807, 2.05) is 30.5 Å². The molecular formula is C16H14BrFOS. The van der Waals surface area contributed by atoms with Gasteiger partial charge in [0.2, 0.25) is 0 Å². The van der Waals surface area contributed by atoms with Crippen LogP contribution in [-0.2, 0) is 6.42 Å². The molecule has 0 unspecified atom stereocenters. The summed E-state index contributed by atoms with van der Waals surface area (Å²) >= 11 is 4.75. The molecule has 0 aliphatic heterocycles. The van der Waals surface area contributed by atoms with Gasteiger partial charge in [-0.25, -0.2) is 4.39 Å². The van der Waals surface area contributed by atoms with E-state index in [4.69, 9.17) is 0 Å². The quantitative estimate of drug-likeness (QED) is 0.548. The molecule has 0 spiro atoms. The highest BCUT2D eigenvalue weighted by Crippen LogP contribution is 2.22. The lowest BCUT2D eigenvalue weighted by Gasteiger charge is -2.07. The number of aryl methyl sites for hydroxylation is 1. The number of halogens is 2. The summed E-state index contributed by atoms with van der Waals surface area (Å²) < 4.78 is 13.8. The molecule has 0 saturated heterocycles. The molecule has 0 radical (unpaired) electrons. The first-order valence-electron chi connectivity index (χ1n) is 6.22. The lowest BCUT2D eigenvalue weighted by atomic mass is 10.0. The van der Waals surface area contributed by atoms with Crippen LogP contribution < -0.4 is 0 Å². The van der Waals surface area contributed by atoms with Gasteiger partial charge < -0.3 is 0 Å². The van der Waals surface area contributed by atoms with Crippen molar-refractivity contribution in [2.45, 2.75) is 17.7 Å². The predicted molar refractivity (Wildman–Crippen MR) is 85.0 cm³/mol. The van der Waals surface area contributed by atoms with Gasteiger partial charge in [0.25, 0.3) is 0 Å². The third kappa shape index (κ3) is 3.70. The van der Waals surface area contributed by atoms with Crippen molar-refractivity contribution in [1.82, 2.24) is 0 Å². The van der Waals surface area contributed by atoms with Crippen molar-refractivity contribution in [3.63, 3.8) is 0 Å². The molecule has 0 saturated carbocycles. The van der Waals surface area contributed by atoms with Crippen molar-refractivity contribution in [3.05, 3.63) is 63.9 Å². The summed E-state index contributed by atoms with van der Waals surface area (Å²) in [7, 11) is 0. The van der Waals surface area contributed by atoms with Gasteiger partial charge >= 0.3 is 0 Å². The summed E-state index contributed by atoms with van der Waals surface area (Å²) in [5.41, 5.74) is 1.58. The SMILES string of the molecule is CSc1ccccc1CCC(=O)c1ccc(Br)c(F)c1. The highest BCUT2D eigenvalue weighted by atomic mass is 79.9. The van der Waals surface area contributed by atoms with Crippen LogP contribution in [0.15, 0.2) is 51.8 Å². The summed E-state index contributed by atoms with van der Waals surface area (Å²) in [5.74, 6) is -0.437. The molecule has 2 aromatic carbocycles. The fourth-order valence-corrected chi connectivity index (χ4v) is 2.87. The zero-order valence-corrected chi connectivity index (χ0v) is 13.4. The van der Waals surface area contributed by atoms with Crippen LogP contribution >= 0.6 is 27.7 Å². The first kappa shape index (κ1) is 15.3. The number of hydrogen-bond donors (Lipinski definition) is 0. The van der Waals surface area contributed by atoms with Gasteiger partial charge in [0.15, 0.2) is 5.78 Å². The Hall–Kier alpha value is -1.13. The van der Waals surface area contributed by atoms with Gasteiger partial charge in [-0.2, -0.15) is 0 Å². The fourth-order valence-electron chi connectivity index (χ4n) is 1.97. The van der Waals surface area contributed by atoms with E-state index in [0.29, 0.717) is 22.9 Å². The van der Waals surface area contributed by atoms with Gasteiger partial charge in [-0.05, 0) is 52.4 Å². The predicted octanol–water partition coefficient (Wildman–Crippen LogP) is 5.13. The number of hydrogen-bond acceptors (Lipinski definition) is 2. The van der Waals surface area contributed by atoms with E-state index in [-0.39, 0.29) is 5.78 Å². The third-order valence-corrected chi connectivity index (χ3v) is 4.54. The fraction of sp³-hybridized carbons (Fsp3) is 0.188. The van der Waals surface area contributed by atoms with Crippen molar-refractivity contribution < 1.29 is 9.18 Å². The standard InChI is InChI=1S/C16H14BrFOS/c1-20-16-5-3-2-4-11(16)7-9-15(19)12-6-8-13(17)14(18)10-12/h2-6,8,10H,7,9H2,1H3. The first-order chi connectivity index (χ1) is 9.61. The third-order valence-electron chi connectivity index (χ3n) is 3.06. The number of thioether (sulfide) groups is 1. The van der Waals surface area contributed by atoms with Crippen molar-refractivity contribution in [2.75, 3.05) is 6.26 Å². The lowest BCUT2D eigenvalue weighted by molar-refractivity contribution is 0.0982. The molecular weight excluding hydrogens is 339 g/mol. The van der Waals surface area contributed by atoms with E-state index in [1.54, 1.807) is 23.9 Å². The van der Waals surface area contributed by atoms with Gasteiger partial charge in [0.05, 0.1) is 4.47 Å². The average Bonchev–Trinajstić information content (AvgIpc) is 2.47. The number of benzene rings is 2. The second-order valence-corrected chi connectivity index (χ2v) is 6.07. The minimum atomic E-state index is -0.402. The number of Topliss-reactive ketones (excluding diaryl/α,β-unsaturated/α-hetero) is 1. The Kier molecular flexibility index (Phi) is 5.38. The molecule has 0 heterocycles. The Morgan fingerprint density at radius 3 is 2.70 bits per heavy atom. The molecule has 0 aromatic heterocycles. The van der Waals surface area contributed by atoms with Crippen molar-refractivity contribution >= 4 is 33.5 Å². The molecule has 0 fully saturated rings. The molecule has 104 valence electrons. The highest BCUT2D eigenvalue weighted by Gasteiger charge is 2.10. The summed E-state index contributed by atoms with van der Waals surface area (Å²) in [4.78, 5) is 13.3. The molecule has 0 N–H and O–H groups in total. The second-order valence-electron chi connectivity index (χ2n) is 4.36. The van der Waals surface area contributed by atoms with Crippen LogP contribution in [0.25, 0.3) is 0 Å². The maximum Gasteiger partial charge on any atom is 0.163 e. The van der Waals surface area contributed by atoms with Crippen LogP contribution in [0.2, 0.25) is 0 Å². The van der Waals surface area contributed by atoms with Gasteiger partial charge in [0.1, 0.15) is 5.82 Å². The van der Waals surface area contributed by atoms with Crippen LogP contribution in [0, 0.1) is 5.82 Å². The zero-order valence-electron chi connectivity index (χ0n) is 11.0. The van der Waals surface area contributed by atoms with Crippen LogP contribution in [-0.4, -0.2) is 12.0 Å². The topological polar surface area (TPSA) is 17.1 Å². The number of carbonyl (C=O) groups excluding carboxylic acids is 1. The molecule has 0 amide bonds. The van der Waals surface area contributed by atoms with E-state index < -0.39 is 5.82 Å². The molecule has 0 aliphatic rings. The largest absolute Gasteiger partial charge is 0.294 e. The van der Waals surface area contributed by atoms with Gasteiger partial charge in [-0.15, -0.1) is 11.8 Å². The van der Waals surface area contributed by atoms with Crippen LogP contribution in [0.4, 0.5) is 4.39 Å². The van der Waals surface area contributed by atoms with Gasteiger partial charge in [-0.1, -0.05) is 24.3 Å². The maximum absolute atomic E-state index is 13.4. The molecule has 0 bridgehead atoms. The molecule has 20 heavy (non-hydrogen) atoms. The zero-order chi connectivity index (χ0) is 14.5. The maximum atomic E-state index is 13.4. The van der Waals surface area contributed by atoms with E-state index in [2.05, 4.69) is 15.9 Å². The normalized spacial score (nSPS) is 10.6. The average molecular weight is 353 g/mol. The first-order valence-corrected chi connectivity index (χ1v) is 8.23. The Bertz CT molecular complexity index is 628.